The maximum absolute atomic E-state index is 12.4. The summed E-state index contributed by atoms with van der Waals surface area (Å²) in [5, 5.41) is 2.58. The van der Waals surface area contributed by atoms with Crippen molar-refractivity contribution in [3.8, 4) is 5.88 Å². The van der Waals surface area contributed by atoms with Crippen molar-refractivity contribution >= 4 is 17.7 Å². The largest absolute Gasteiger partial charge is 0.475 e. The van der Waals surface area contributed by atoms with Crippen LogP contribution in [0.25, 0.3) is 0 Å². The highest BCUT2D eigenvalue weighted by Crippen LogP contribution is 2.30. The molecule has 0 spiro atoms. The molecule has 2 fully saturated rings. The molecular formula is C19H28N4O4. The normalized spacial score (nSPS) is 18.4. The van der Waals surface area contributed by atoms with Crippen molar-refractivity contribution in [2.45, 2.75) is 51.5 Å². The average molecular weight is 376 g/mol. The minimum absolute atomic E-state index is 0.134. The lowest BCUT2D eigenvalue weighted by Crippen LogP contribution is -2.39. The van der Waals surface area contributed by atoms with Crippen molar-refractivity contribution < 1.29 is 19.1 Å². The van der Waals surface area contributed by atoms with Crippen molar-refractivity contribution in [2.24, 2.45) is 5.92 Å². The lowest BCUT2D eigenvalue weighted by atomic mass is 10.1. The Kier molecular flexibility index (Phi) is 6.47. The maximum atomic E-state index is 12.4. The van der Waals surface area contributed by atoms with Gasteiger partial charge in [-0.1, -0.05) is 12.8 Å². The van der Waals surface area contributed by atoms with Crippen LogP contribution in [0.15, 0.2) is 6.20 Å². The zero-order chi connectivity index (χ0) is 19.2. The molecule has 8 heteroatoms. The van der Waals surface area contributed by atoms with Crippen molar-refractivity contribution in [1.29, 1.82) is 0 Å². The Balaban J connectivity index is 1.75. The van der Waals surface area contributed by atoms with Gasteiger partial charge in [-0.2, -0.15) is 0 Å². The molecule has 1 aliphatic heterocycles. The van der Waals surface area contributed by atoms with Crippen molar-refractivity contribution in [2.75, 3.05) is 31.7 Å². The van der Waals surface area contributed by atoms with Gasteiger partial charge < -0.3 is 19.7 Å². The van der Waals surface area contributed by atoms with Crippen LogP contribution in [-0.4, -0.2) is 54.7 Å². The van der Waals surface area contributed by atoms with Crippen LogP contribution < -0.4 is 15.0 Å². The number of rotatable bonds is 7. The second-order valence-electron chi connectivity index (χ2n) is 7.26. The van der Waals surface area contributed by atoms with Crippen LogP contribution in [0.1, 0.15) is 55.9 Å². The van der Waals surface area contributed by atoms with E-state index in [1.165, 1.54) is 39.0 Å². The molecule has 0 bridgehead atoms. The molecule has 0 radical (unpaired) electrons. The summed E-state index contributed by atoms with van der Waals surface area (Å²) in [6, 6.07) is -0.759. The number of anilines is 1. The van der Waals surface area contributed by atoms with Gasteiger partial charge in [-0.3, -0.25) is 4.79 Å². The van der Waals surface area contributed by atoms with Gasteiger partial charge in [0.05, 0.1) is 19.9 Å². The molecule has 27 heavy (non-hydrogen) atoms. The molecule has 148 valence electrons. The molecule has 1 atom stereocenters. The van der Waals surface area contributed by atoms with E-state index in [1.54, 1.807) is 6.92 Å². The first kappa shape index (κ1) is 19.4. The minimum Gasteiger partial charge on any atom is -0.475 e. The van der Waals surface area contributed by atoms with E-state index < -0.39 is 17.9 Å². The lowest BCUT2D eigenvalue weighted by Gasteiger charge is -2.21. The van der Waals surface area contributed by atoms with Gasteiger partial charge in [0.15, 0.2) is 11.5 Å². The summed E-state index contributed by atoms with van der Waals surface area (Å²) in [6.45, 7) is 3.99. The molecular weight excluding hydrogens is 348 g/mol. The van der Waals surface area contributed by atoms with Crippen LogP contribution in [0.3, 0.4) is 0 Å². The van der Waals surface area contributed by atoms with E-state index in [4.69, 9.17) is 4.74 Å². The summed E-state index contributed by atoms with van der Waals surface area (Å²) in [5.74, 6) is 0.655. The third-order valence-corrected chi connectivity index (χ3v) is 5.19. The molecule has 0 unspecified atom stereocenters. The number of methoxy groups -OCH3 is 1. The molecule has 2 heterocycles. The van der Waals surface area contributed by atoms with Crippen LogP contribution in [0, 0.1) is 5.92 Å². The third-order valence-electron chi connectivity index (χ3n) is 5.19. The fourth-order valence-corrected chi connectivity index (χ4v) is 3.60. The number of carbonyl (C=O) groups is 2. The molecule has 1 aromatic heterocycles. The molecule has 3 rings (SSSR count). The number of nitrogens with one attached hydrogen (secondary N) is 1. The number of carbonyl (C=O) groups excluding carboxylic acids is 2. The first-order chi connectivity index (χ1) is 13.1. The molecule has 8 nitrogen and oxygen atoms in total. The van der Waals surface area contributed by atoms with Gasteiger partial charge in [-0.25, -0.2) is 14.8 Å². The number of amides is 1. The second kappa shape index (κ2) is 9.01. The van der Waals surface area contributed by atoms with E-state index in [0.29, 0.717) is 24.2 Å². The fourth-order valence-electron chi connectivity index (χ4n) is 3.60. The predicted molar refractivity (Wildman–Crippen MR) is 99.9 cm³/mol. The number of hydrogen-bond acceptors (Lipinski definition) is 7. The quantitative estimate of drug-likeness (QED) is 0.727. The number of esters is 1. The van der Waals surface area contributed by atoms with Gasteiger partial charge in [0.2, 0.25) is 0 Å². The number of hydrogen-bond donors (Lipinski definition) is 1. The number of nitrogens with zero attached hydrogens (tertiary/aromatic N) is 3. The van der Waals surface area contributed by atoms with E-state index in [0.717, 1.165) is 25.9 Å². The summed E-state index contributed by atoms with van der Waals surface area (Å²) in [4.78, 5) is 35.0. The molecule has 0 aromatic carbocycles. The number of aromatic nitrogens is 2. The predicted octanol–water partition coefficient (Wildman–Crippen LogP) is 1.94. The van der Waals surface area contributed by atoms with Crippen molar-refractivity contribution in [3.05, 3.63) is 11.9 Å². The van der Waals surface area contributed by atoms with Gasteiger partial charge in [-0.15, -0.1) is 0 Å². The average Bonchev–Trinajstić information content (AvgIpc) is 3.39. The summed E-state index contributed by atoms with van der Waals surface area (Å²) in [6.07, 6.45) is 8.49. The number of ether oxygens (including phenoxy) is 2. The van der Waals surface area contributed by atoms with E-state index in [-0.39, 0.29) is 5.69 Å². The van der Waals surface area contributed by atoms with Gasteiger partial charge in [0, 0.05) is 13.1 Å². The smallest absolute Gasteiger partial charge is 0.328 e. The first-order valence-electron chi connectivity index (χ1n) is 9.72. The topological polar surface area (TPSA) is 93.6 Å². The van der Waals surface area contributed by atoms with Gasteiger partial charge in [0.1, 0.15) is 6.04 Å². The first-order valence-corrected chi connectivity index (χ1v) is 9.72. The fraction of sp³-hybridized carbons (Fsp3) is 0.684. The summed E-state index contributed by atoms with van der Waals surface area (Å²) in [5.41, 5.74) is 0.134. The monoisotopic (exact) mass is 376 g/mol. The van der Waals surface area contributed by atoms with Crippen LogP contribution in [0.5, 0.6) is 5.88 Å². The molecule has 1 aromatic rings. The Morgan fingerprint density at radius 2 is 1.96 bits per heavy atom. The van der Waals surface area contributed by atoms with Crippen molar-refractivity contribution in [3.63, 3.8) is 0 Å². The van der Waals surface area contributed by atoms with Gasteiger partial charge in [0.25, 0.3) is 11.8 Å². The highest BCUT2D eigenvalue weighted by atomic mass is 16.5. The van der Waals surface area contributed by atoms with Crippen molar-refractivity contribution in [1.82, 2.24) is 15.3 Å². The van der Waals surface area contributed by atoms with E-state index in [1.807, 2.05) is 0 Å². The van der Waals surface area contributed by atoms with Crippen LogP contribution in [0.4, 0.5) is 5.82 Å². The van der Waals surface area contributed by atoms with E-state index in [9.17, 15) is 9.59 Å². The molecule has 2 aliphatic rings. The van der Waals surface area contributed by atoms with E-state index in [2.05, 4.69) is 24.9 Å². The second-order valence-corrected chi connectivity index (χ2v) is 7.26. The van der Waals surface area contributed by atoms with Crippen LogP contribution >= 0.6 is 0 Å². The Hall–Kier alpha value is -2.38. The Morgan fingerprint density at radius 3 is 2.63 bits per heavy atom. The van der Waals surface area contributed by atoms with Gasteiger partial charge in [-0.05, 0) is 38.5 Å². The standard InChI is InChI=1S/C19H28N4O4/c1-13(19(25)26-2)21-17(24)15-11-20-16(23-9-5-6-10-23)18(22-15)27-12-14-7-3-4-8-14/h11,13-14H,3-10,12H2,1-2H3,(H,21,24)/t13-/m0/s1. The Bertz CT molecular complexity index is 670. The van der Waals surface area contributed by atoms with Gasteiger partial charge >= 0.3 is 5.97 Å². The van der Waals surface area contributed by atoms with Crippen LogP contribution in [-0.2, 0) is 9.53 Å². The summed E-state index contributed by atoms with van der Waals surface area (Å²) < 4.78 is 10.6. The highest BCUT2D eigenvalue weighted by Gasteiger charge is 2.24. The molecule has 1 N–H and O–H groups in total. The third kappa shape index (κ3) is 4.87. The zero-order valence-electron chi connectivity index (χ0n) is 16.1. The molecule has 1 aliphatic carbocycles. The maximum Gasteiger partial charge on any atom is 0.328 e. The molecule has 1 saturated carbocycles. The summed E-state index contributed by atoms with van der Waals surface area (Å²) in [7, 11) is 1.28. The zero-order valence-corrected chi connectivity index (χ0v) is 16.1. The molecule has 1 amide bonds. The Labute approximate surface area is 159 Å². The highest BCUT2D eigenvalue weighted by molar-refractivity contribution is 5.95. The summed E-state index contributed by atoms with van der Waals surface area (Å²) >= 11 is 0. The SMILES string of the molecule is COC(=O)[C@H](C)NC(=O)c1cnc(N2CCCC2)c(OCC2CCCC2)n1. The van der Waals surface area contributed by atoms with Crippen LogP contribution in [0.2, 0.25) is 0 Å². The van der Waals surface area contributed by atoms with E-state index >= 15 is 0 Å². The minimum atomic E-state index is -0.759. The molecule has 1 saturated heterocycles. The Morgan fingerprint density at radius 1 is 1.26 bits per heavy atom. The lowest BCUT2D eigenvalue weighted by molar-refractivity contribution is -0.142.